The van der Waals surface area contributed by atoms with Crippen LogP contribution in [-0.4, -0.2) is 14.0 Å². The molecule has 6 rings (SSSR count). The van der Waals surface area contributed by atoms with Crippen molar-refractivity contribution in [1.82, 2.24) is 8.97 Å². The Balaban J connectivity index is 1.60. The van der Waals surface area contributed by atoms with Gasteiger partial charge in [0.2, 0.25) is 0 Å². The SMILES string of the molecule is S=C(Nc1ccc(Cl)cc1)c1c(-c2ccccc2)c2c3n(c(-c4ccccc4)cn13)CCCC2. The maximum absolute atomic E-state index is 6.10. The number of hydrogen-bond donors (Lipinski definition) is 1. The summed E-state index contributed by atoms with van der Waals surface area (Å²) in [5.41, 5.74) is 9.49. The fourth-order valence-electron chi connectivity index (χ4n) is 5.09. The third-order valence-corrected chi connectivity index (χ3v) is 7.13. The van der Waals surface area contributed by atoms with Gasteiger partial charge in [-0.25, -0.2) is 0 Å². The van der Waals surface area contributed by atoms with Crippen molar-refractivity contribution in [1.29, 1.82) is 0 Å². The number of nitrogens with zero attached hydrogens (tertiary/aromatic N) is 2. The molecule has 5 heteroatoms. The van der Waals surface area contributed by atoms with Gasteiger partial charge in [0, 0.05) is 34.6 Å². The summed E-state index contributed by atoms with van der Waals surface area (Å²) >= 11 is 12.2. The van der Waals surface area contributed by atoms with Crippen LogP contribution in [-0.2, 0) is 13.0 Å². The number of imidazole rings is 1. The highest BCUT2D eigenvalue weighted by Crippen LogP contribution is 2.39. The summed E-state index contributed by atoms with van der Waals surface area (Å²) in [6.07, 6.45) is 5.62. The Morgan fingerprint density at radius 3 is 2.21 bits per heavy atom. The number of aryl methyl sites for hydroxylation is 2. The van der Waals surface area contributed by atoms with E-state index in [1.165, 1.54) is 33.6 Å². The molecule has 3 aromatic carbocycles. The zero-order valence-corrected chi connectivity index (χ0v) is 20.2. The Labute approximate surface area is 209 Å². The largest absolute Gasteiger partial charge is 0.345 e. The zero-order valence-electron chi connectivity index (χ0n) is 18.7. The lowest BCUT2D eigenvalue weighted by molar-refractivity contribution is 0.647. The minimum atomic E-state index is 0.708. The predicted molar refractivity (Wildman–Crippen MR) is 146 cm³/mol. The lowest BCUT2D eigenvalue weighted by atomic mass is 9.98. The normalized spacial score (nSPS) is 13.1. The molecule has 0 saturated carbocycles. The molecule has 0 fully saturated rings. The van der Waals surface area contributed by atoms with E-state index in [1.807, 2.05) is 24.3 Å². The third-order valence-electron chi connectivity index (χ3n) is 6.58. The first kappa shape index (κ1) is 21.2. The van der Waals surface area contributed by atoms with Gasteiger partial charge in [-0.15, -0.1) is 0 Å². The summed E-state index contributed by atoms with van der Waals surface area (Å²) in [5.74, 6) is 0. The van der Waals surface area contributed by atoms with Gasteiger partial charge >= 0.3 is 0 Å². The van der Waals surface area contributed by atoms with Crippen LogP contribution in [0, 0.1) is 0 Å². The zero-order chi connectivity index (χ0) is 23.1. The van der Waals surface area contributed by atoms with Gasteiger partial charge in [-0.1, -0.05) is 84.5 Å². The lowest BCUT2D eigenvalue weighted by Gasteiger charge is -2.12. The first-order valence-corrected chi connectivity index (χ1v) is 12.4. The monoisotopic (exact) mass is 481 g/mol. The van der Waals surface area contributed by atoms with Crippen LogP contribution in [0.25, 0.3) is 28.0 Å². The second-order valence-electron chi connectivity index (χ2n) is 8.71. The Morgan fingerprint density at radius 2 is 1.50 bits per heavy atom. The summed E-state index contributed by atoms with van der Waals surface area (Å²) in [5, 5.41) is 4.18. The molecule has 0 aliphatic carbocycles. The number of aromatic nitrogens is 2. The van der Waals surface area contributed by atoms with E-state index >= 15 is 0 Å². The van der Waals surface area contributed by atoms with E-state index in [4.69, 9.17) is 23.8 Å². The molecule has 1 N–H and O–H groups in total. The highest BCUT2D eigenvalue weighted by molar-refractivity contribution is 7.81. The molecule has 1 aliphatic heterocycles. The molecule has 5 aromatic rings. The smallest absolute Gasteiger partial charge is 0.128 e. The molecule has 168 valence electrons. The molecule has 1 aliphatic rings. The Morgan fingerprint density at radius 1 is 0.824 bits per heavy atom. The third kappa shape index (κ3) is 3.64. The molecule has 3 heterocycles. The van der Waals surface area contributed by atoms with Crippen molar-refractivity contribution in [2.75, 3.05) is 5.32 Å². The van der Waals surface area contributed by atoms with E-state index in [9.17, 15) is 0 Å². The lowest BCUT2D eigenvalue weighted by Crippen LogP contribution is -2.14. The van der Waals surface area contributed by atoms with Crippen LogP contribution in [0.5, 0.6) is 0 Å². The molecule has 0 bridgehead atoms. The van der Waals surface area contributed by atoms with Crippen LogP contribution in [0.2, 0.25) is 5.02 Å². The number of halogens is 1. The van der Waals surface area contributed by atoms with E-state index < -0.39 is 0 Å². The molecule has 0 spiro atoms. The van der Waals surface area contributed by atoms with Crippen LogP contribution < -0.4 is 5.32 Å². The van der Waals surface area contributed by atoms with Crippen LogP contribution in [0.4, 0.5) is 5.69 Å². The minimum absolute atomic E-state index is 0.708. The van der Waals surface area contributed by atoms with Crippen molar-refractivity contribution in [2.24, 2.45) is 0 Å². The summed E-state index contributed by atoms with van der Waals surface area (Å²) in [4.78, 5) is 0.708. The molecular weight excluding hydrogens is 458 g/mol. The highest BCUT2D eigenvalue weighted by atomic mass is 35.5. The second kappa shape index (κ2) is 8.79. The highest BCUT2D eigenvalue weighted by Gasteiger charge is 2.28. The summed E-state index contributed by atoms with van der Waals surface area (Å²) in [7, 11) is 0. The van der Waals surface area contributed by atoms with Crippen molar-refractivity contribution in [2.45, 2.75) is 25.8 Å². The minimum Gasteiger partial charge on any atom is -0.345 e. The van der Waals surface area contributed by atoms with Gasteiger partial charge in [-0.05, 0) is 54.7 Å². The van der Waals surface area contributed by atoms with Crippen molar-refractivity contribution >= 4 is 40.1 Å². The Bertz CT molecular complexity index is 1480. The number of anilines is 1. The van der Waals surface area contributed by atoms with Gasteiger partial charge < -0.3 is 9.88 Å². The van der Waals surface area contributed by atoms with E-state index in [1.54, 1.807) is 0 Å². The van der Waals surface area contributed by atoms with Crippen LogP contribution in [0.1, 0.15) is 24.1 Å². The number of thiocarbonyl (C=S) groups is 1. The molecule has 0 amide bonds. The van der Waals surface area contributed by atoms with Gasteiger partial charge in [-0.3, -0.25) is 4.40 Å². The molecule has 0 unspecified atom stereocenters. The molecule has 34 heavy (non-hydrogen) atoms. The first-order chi connectivity index (χ1) is 16.7. The average Bonchev–Trinajstić information content (AvgIpc) is 3.29. The summed E-state index contributed by atoms with van der Waals surface area (Å²) < 4.78 is 4.80. The van der Waals surface area contributed by atoms with Crippen LogP contribution in [0.15, 0.2) is 91.1 Å². The Hall–Kier alpha value is -3.34. The molecular formula is C29H24ClN3S. The molecule has 0 radical (unpaired) electrons. The van der Waals surface area contributed by atoms with Crippen molar-refractivity contribution in [3.8, 4) is 22.4 Å². The van der Waals surface area contributed by atoms with Gasteiger partial charge in [0.25, 0.3) is 0 Å². The van der Waals surface area contributed by atoms with Crippen molar-refractivity contribution in [3.63, 3.8) is 0 Å². The number of rotatable bonds is 4. The maximum atomic E-state index is 6.10. The van der Waals surface area contributed by atoms with Gasteiger partial charge in [0.05, 0.1) is 11.4 Å². The molecule has 3 nitrogen and oxygen atoms in total. The predicted octanol–water partition coefficient (Wildman–Crippen LogP) is 7.85. The fraction of sp³-hybridized carbons (Fsp3) is 0.138. The standard InChI is InChI=1S/C29H24ClN3S/c30-22-14-16-23(17-15-22)31-28(34)27-26(21-11-5-2-6-12-21)24-13-7-8-18-32-25(19-33(27)29(24)32)20-9-3-1-4-10-20/h1-6,9-12,14-17,19H,7-8,13,18H2,(H,31,34). The average molecular weight is 482 g/mol. The van der Waals surface area contributed by atoms with Gasteiger partial charge in [-0.2, -0.15) is 0 Å². The number of benzene rings is 3. The van der Waals surface area contributed by atoms with Crippen molar-refractivity contribution < 1.29 is 0 Å². The second-order valence-corrected chi connectivity index (χ2v) is 9.56. The topological polar surface area (TPSA) is 21.4 Å². The maximum Gasteiger partial charge on any atom is 0.128 e. The van der Waals surface area contributed by atoms with Crippen LogP contribution in [0.3, 0.4) is 0 Å². The van der Waals surface area contributed by atoms with E-state index in [-0.39, 0.29) is 0 Å². The van der Waals surface area contributed by atoms with E-state index in [0.717, 1.165) is 37.2 Å². The summed E-state index contributed by atoms with van der Waals surface area (Å²) in [6, 6.07) is 29.0. The van der Waals surface area contributed by atoms with Gasteiger partial charge in [0.15, 0.2) is 0 Å². The van der Waals surface area contributed by atoms with E-state index in [2.05, 4.69) is 81.1 Å². The fourth-order valence-corrected chi connectivity index (χ4v) is 5.53. The summed E-state index contributed by atoms with van der Waals surface area (Å²) in [6.45, 7) is 1.00. The van der Waals surface area contributed by atoms with Gasteiger partial charge in [0.1, 0.15) is 10.6 Å². The number of hydrogen-bond acceptors (Lipinski definition) is 1. The first-order valence-electron chi connectivity index (χ1n) is 11.6. The number of nitrogens with one attached hydrogen (secondary N) is 1. The molecule has 0 saturated heterocycles. The molecule has 0 atom stereocenters. The van der Waals surface area contributed by atoms with Crippen molar-refractivity contribution in [3.05, 3.63) is 107 Å². The van der Waals surface area contributed by atoms with E-state index in [0.29, 0.717) is 10.0 Å². The molecule has 2 aromatic heterocycles. The Kier molecular flexibility index (Phi) is 5.48. The van der Waals surface area contributed by atoms with Crippen LogP contribution >= 0.6 is 23.8 Å². The quantitative estimate of drug-likeness (QED) is 0.264.